The molecule has 9 heteroatoms. The molecule has 1 aromatic heterocycles. The van der Waals surface area contributed by atoms with Crippen molar-refractivity contribution in [3.63, 3.8) is 0 Å². The van der Waals surface area contributed by atoms with E-state index in [0.717, 1.165) is 0 Å². The fraction of sp³-hybridized carbons (Fsp3) is 0.231. The molecular formula is C13H9ClF4N2O2. The van der Waals surface area contributed by atoms with Gasteiger partial charge < -0.3 is 5.11 Å². The van der Waals surface area contributed by atoms with Crippen LogP contribution in [-0.4, -0.2) is 20.9 Å². The van der Waals surface area contributed by atoms with Gasteiger partial charge in [0.15, 0.2) is 0 Å². The van der Waals surface area contributed by atoms with E-state index in [4.69, 9.17) is 16.7 Å². The molecule has 0 atom stereocenters. The van der Waals surface area contributed by atoms with Gasteiger partial charge >= 0.3 is 5.97 Å². The van der Waals surface area contributed by atoms with Gasteiger partial charge in [0.2, 0.25) is 0 Å². The summed E-state index contributed by atoms with van der Waals surface area (Å²) in [5.74, 6) is -1.19. The van der Waals surface area contributed by atoms with Gasteiger partial charge in [-0.25, -0.2) is 22.4 Å². The van der Waals surface area contributed by atoms with Crippen LogP contribution >= 0.6 is 11.6 Å². The summed E-state index contributed by atoms with van der Waals surface area (Å²) in [6, 6.07) is 5.45. The predicted molar refractivity (Wildman–Crippen MR) is 69.7 cm³/mol. The van der Waals surface area contributed by atoms with Crippen LogP contribution in [0.25, 0.3) is 0 Å². The highest BCUT2D eigenvalue weighted by atomic mass is 35.5. The maximum absolute atomic E-state index is 13.0. The van der Waals surface area contributed by atoms with Crippen LogP contribution in [0.5, 0.6) is 0 Å². The van der Waals surface area contributed by atoms with E-state index in [0.29, 0.717) is 10.2 Å². The van der Waals surface area contributed by atoms with Crippen LogP contribution in [-0.2, 0) is 6.54 Å². The van der Waals surface area contributed by atoms with E-state index in [1.54, 1.807) is 0 Å². The van der Waals surface area contributed by atoms with Crippen molar-refractivity contribution < 1.29 is 27.5 Å². The van der Waals surface area contributed by atoms with Crippen LogP contribution in [0.4, 0.5) is 17.6 Å². The number of hydrogen-bond donors (Lipinski definition) is 1. The van der Waals surface area contributed by atoms with Gasteiger partial charge in [-0.3, -0.25) is 4.68 Å². The highest BCUT2D eigenvalue weighted by Crippen LogP contribution is 2.34. The molecule has 0 saturated heterocycles. The maximum atomic E-state index is 13.0. The lowest BCUT2D eigenvalue weighted by Gasteiger charge is -2.07. The van der Waals surface area contributed by atoms with Crippen molar-refractivity contribution in [2.24, 2.45) is 0 Å². The fourth-order valence-electron chi connectivity index (χ4n) is 1.92. The van der Waals surface area contributed by atoms with Gasteiger partial charge in [0.25, 0.3) is 12.9 Å². The first-order chi connectivity index (χ1) is 10.3. The van der Waals surface area contributed by atoms with Crippen LogP contribution in [0.15, 0.2) is 24.3 Å². The first kappa shape index (κ1) is 16.3. The molecule has 1 N–H and O–H groups in total. The summed E-state index contributed by atoms with van der Waals surface area (Å²) >= 11 is 5.53. The van der Waals surface area contributed by atoms with Gasteiger partial charge in [-0.05, 0) is 17.7 Å². The standard InChI is InChI=1S/C13H9ClF4N2O2/c14-8-9(11(15)16)19-20(10(8)12(17)18)5-6-2-1-3-7(4-6)13(21)22/h1-4,11-12H,5H2,(H,21,22). The topological polar surface area (TPSA) is 55.1 Å². The molecule has 0 saturated carbocycles. The van der Waals surface area contributed by atoms with E-state index < -0.39 is 35.2 Å². The minimum atomic E-state index is -3.09. The number of alkyl halides is 4. The van der Waals surface area contributed by atoms with Crippen molar-refractivity contribution in [3.05, 3.63) is 51.8 Å². The first-order valence-corrected chi connectivity index (χ1v) is 6.33. The number of aromatic nitrogens is 2. The van der Waals surface area contributed by atoms with E-state index in [1.165, 1.54) is 24.3 Å². The van der Waals surface area contributed by atoms with Gasteiger partial charge in [-0.15, -0.1) is 0 Å². The second kappa shape index (κ2) is 6.35. The number of rotatable bonds is 5. The zero-order valence-electron chi connectivity index (χ0n) is 10.8. The van der Waals surface area contributed by atoms with Crippen LogP contribution in [0.2, 0.25) is 5.02 Å². The smallest absolute Gasteiger partial charge is 0.335 e. The van der Waals surface area contributed by atoms with Crippen LogP contribution in [0.1, 0.15) is 40.2 Å². The number of carboxylic acid groups (broad SMARTS) is 1. The number of aromatic carboxylic acids is 1. The summed E-state index contributed by atoms with van der Waals surface area (Å²) in [7, 11) is 0. The SMILES string of the molecule is O=C(O)c1cccc(Cn2nc(C(F)F)c(Cl)c2C(F)F)c1. The van der Waals surface area contributed by atoms with E-state index in [2.05, 4.69) is 5.10 Å². The van der Waals surface area contributed by atoms with Crippen LogP contribution in [0.3, 0.4) is 0 Å². The highest BCUT2D eigenvalue weighted by Gasteiger charge is 2.27. The molecule has 2 rings (SSSR count). The third-order valence-corrected chi connectivity index (χ3v) is 3.26. The van der Waals surface area contributed by atoms with Gasteiger partial charge in [-0.1, -0.05) is 23.7 Å². The Balaban J connectivity index is 2.43. The zero-order chi connectivity index (χ0) is 16.4. The van der Waals surface area contributed by atoms with E-state index >= 15 is 0 Å². The molecule has 118 valence electrons. The molecule has 0 spiro atoms. The average Bonchev–Trinajstić information content (AvgIpc) is 2.76. The van der Waals surface area contributed by atoms with Crippen LogP contribution < -0.4 is 0 Å². The van der Waals surface area contributed by atoms with E-state index in [1.807, 2.05) is 0 Å². The summed E-state index contributed by atoms with van der Waals surface area (Å²) < 4.78 is 52.1. The molecule has 1 heterocycles. The summed E-state index contributed by atoms with van der Waals surface area (Å²) in [6.07, 6.45) is -6.17. The lowest BCUT2D eigenvalue weighted by Crippen LogP contribution is -2.08. The largest absolute Gasteiger partial charge is 0.478 e. The Morgan fingerprint density at radius 1 is 1.27 bits per heavy atom. The normalized spacial score (nSPS) is 11.4. The van der Waals surface area contributed by atoms with E-state index in [9.17, 15) is 22.4 Å². The lowest BCUT2D eigenvalue weighted by molar-refractivity contribution is 0.0696. The Kier molecular flexibility index (Phi) is 4.70. The van der Waals surface area contributed by atoms with Crippen LogP contribution in [0, 0.1) is 0 Å². The molecule has 4 nitrogen and oxygen atoms in total. The molecule has 1 aromatic carbocycles. The highest BCUT2D eigenvalue weighted by molar-refractivity contribution is 6.32. The number of carbonyl (C=O) groups is 1. The number of hydrogen-bond acceptors (Lipinski definition) is 2. The lowest BCUT2D eigenvalue weighted by atomic mass is 10.1. The molecule has 22 heavy (non-hydrogen) atoms. The van der Waals surface area contributed by atoms with Crippen molar-refractivity contribution >= 4 is 17.6 Å². The van der Waals surface area contributed by atoms with Gasteiger partial charge in [0.1, 0.15) is 11.4 Å². The number of carboxylic acids is 1. The third-order valence-electron chi connectivity index (χ3n) is 2.88. The van der Waals surface area contributed by atoms with Gasteiger partial charge in [-0.2, -0.15) is 5.10 Å². The fourth-order valence-corrected chi connectivity index (χ4v) is 2.22. The second-order valence-corrected chi connectivity index (χ2v) is 4.73. The van der Waals surface area contributed by atoms with Crippen molar-refractivity contribution in [1.29, 1.82) is 0 Å². The molecule has 0 fully saturated rings. The molecule has 0 aliphatic heterocycles. The van der Waals surface area contributed by atoms with Crippen molar-refractivity contribution in [2.75, 3.05) is 0 Å². The molecule has 0 amide bonds. The number of halogens is 5. The summed E-state index contributed by atoms with van der Waals surface area (Å²) in [5, 5.41) is 11.5. The molecule has 0 bridgehead atoms. The number of nitrogens with zero attached hydrogens (tertiary/aromatic N) is 2. The Hall–Kier alpha value is -2.09. The monoisotopic (exact) mass is 336 g/mol. The third kappa shape index (κ3) is 3.22. The first-order valence-electron chi connectivity index (χ1n) is 5.96. The number of benzene rings is 1. The predicted octanol–water partition coefficient (Wildman–Crippen LogP) is 4.16. The molecule has 2 aromatic rings. The van der Waals surface area contributed by atoms with Crippen molar-refractivity contribution in [3.8, 4) is 0 Å². The molecule has 0 radical (unpaired) electrons. The van der Waals surface area contributed by atoms with Gasteiger partial charge in [0.05, 0.1) is 17.1 Å². The average molecular weight is 337 g/mol. The Labute approximate surface area is 126 Å². The Morgan fingerprint density at radius 3 is 2.50 bits per heavy atom. The molecule has 0 unspecified atom stereocenters. The molecule has 0 aliphatic rings. The second-order valence-electron chi connectivity index (χ2n) is 4.35. The summed E-state index contributed by atoms with van der Waals surface area (Å²) in [5.41, 5.74) is -1.48. The van der Waals surface area contributed by atoms with E-state index in [-0.39, 0.29) is 12.1 Å². The molecule has 0 aliphatic carbocycles. The van der Waals surface area contributed by atoms with Crippen molar-refractivity contribution in [2.45, 2.75) is 19.4 Å². The van der Waals surface area contributed by atoms with Gasteiger partial charge in [0, 0.05) is 0 Å². The summed E-state index contributed by atoms with van der Waals surface area (Å²) in [4.78, 5) is 10.9. The maximum Gasteiger partial charge on any atom is 0.335 e. The molecular weight excluding hydrogens is 328 g/mol. The summed E-state index contributed by atoms with van der Waals surface area (Å²) in [6.45, 7) is -0.298. The Morgan fingerprint density at radius 2 is 1.95 bits per heavy atom. The van der Waals surface area contributed by atoms with Crippen molar-refractivity contribution in [1.82, 2.24) is 9.78 Å². The zero-order valence-corrected chi connectivity index (χ0v) is 11.6. The minimum absolute atomic E-state index is 0.0524. The quantitative estimate of drug-likeness (QED) is 0.834. The minimum Gasteiger partial charge on any atom is -0.478 e. The Bertz CT molecular complexity index is 703.